The van der Waals surface area contributed by atoms with E-state index >= 15 is 0 Å². The van der Waals surface area contributed by atoms with Crippen LogP contribution in [-0.2, 0) is 0 Å². The molecule has 2 aliphatic rings. The summed E-state index contributed by atoms with van der Waals surface area (Å²) in [4.78, 5) is 2.31. The molecule has 0 saturated carbocycles. The van der Waals surface area contributed by atoms with Gasteiger partial charge in [-0.2, -0.15) is 0 Å². The van der Waals surface area contributed by atoms with Crippen LogP contribution < -0.4 is 0 Å². The molecule has 3 heteroatoms. The van der Waals surface area contributed by atoms with Gasteiger partial charge in [0.1, 0.15) is 5.82 Å². The van der Waals surface area contributed by atoms with Gasteiger partial charge >= 0.3 is 0 Å². The van der Waals surface area contributed by atoms with Gasteiger partial charge in [-0.1, -0.05) is 78.4 Å². The van der Waals surface area contributed by atoms with Crippen molar-refractivity contribution in [1.82, 2.24) is 4.90 Å². The third kappa shape index (κ3) is 4.12. The second-order valence-corrected chi connectivity index (χ2v) is 8.35. The van der Waals surface area contributed by atoms with Gasteiger partial charge in [-0.15, -0.1) is 0 Å². The Kier molecular flexibility index (Phi) is 5.54. The summed E-state index contributed by atoms with van der Waals surface area (Å²) in [5.74, 6) is -0.274. The van der Waals surface area contributed by atoms with Crippen LogP contribution in [-0.4, -0.2) is 29.6 Å². The molecule has 1 unspecified atom stereocenters. The van der Waals surface area contributed by atoms with Crippen molar-refractivity contribution in [1.29, 1.82) is 0 Å². The second kappa shape index (κ2) is 8.62. The maximum Gasteiger partial charge on any atom is 0.123 e. The predicted molar refractivity (Wildman–Crippen MR) is 125 cm³/mol. The minimum Gasteiger partial charge on any atom is -0.387 e. The smallest absolute Gasteiger partial charge is 0.123 e. The molecule has 0 bridgehead atoms. The van der Waals surface area contributed by atoms with Crippen molar-refractivity contribution in [2.45, 2.75) is 18.9 Å². The number of fused-ring (bicyclic) bond motifs is 2. The van der Waals surface area contributed by atoms with Crippen LogP contribution in [0.3, 0.4) is 0 Å². The molecular formula is C28H26FNO. The molecule has 1 aliphatic heterocycles. The molecule has 5 rings (SSSR count). The Balaban J connectivity index is 1.40. The van der Waals surface area contributed by atoms with Crippen LogP contribution in [0.4, 0.5) is 4.39 Å². The summed E-state index contributed by atoms with van der Waals surface area (Å²) in [6.45, 7) is 2.40. The fourth-order valence-corrected chi connectivity index (χ4v) is 4.74. The second-order valence-electron chi connectivity index (χ2n) is 8.35. The van der Waals surface area contributed by atoms with Gasteiger partial charge in [0.2, 0.25) is 0 Å². The number of halogens is 1. The maximum atomic E-state index is 13.2. The van der Waals surface area contributed by atoms with Crippen LogP contribution in [0.1, 0.15) is 46.8 Å². The van der Waals surface area contributed by atoms with Crippen molar-refractivity contribution in [2.75, 3.05) is 19.6 Å². The SMILES string of the molecule is OC(CN1CCC(=C2c3ccccc3C=Cc3ccccc32)CC1)c1ccc(F)cc1. The van der Waals surface area contributed by atoms with Crippen LogP contribution in [0.5, 0.6) is 0 Å². The van der Waals surface area contributed by atoms with E-state index in [-0.39, 0.29) is 5.82 Å². The average Bonchev–Trinajstić information content (AvgIpc) is 2.97. The van der Waals surface area contributed by atoms with Gasteiger partial charge in [-0.25, -0.2) is 4.39 Å². The van der Waals surface area contributed by atoms with Crippen molar-refractivity contribution in [2.24, 2.45) is 0 Å². The number of benzene rings is 3. The molecule has 0 amide bonds. The number of β-amino-alcohol motifs (C(OH)–C–C–N with tert-alkyl or cyclic N) is 1. The molecule has 3 aromatic rings. The Hall–Kier alpha value is -3.01. The van der Waals surface area contributed by atoms with Crippen LogP contribution in [0, 0.1) is 5.82 Å². The molecule has 3 aromatic carbocycles. The Morgan fingerprint density at radius 2 is 1.32 bits per heavy atom. The molecule has 0 aromatic heterocycles. The number of piperidine rings is 1. The Labute approximate surface area is 183 Å². The number of aliphatic hydroxyl groups excluding tert-OH is 1. The van der Waals surface area contributed by atoms with Crippen LogP contribution in [0.15, 0.2) is 78.4 Å². The minimum atomic E-state index is -0.599. The molecule has 0 radical (unpaired) electrons. The van der Waals surface area contributed by atoms with E-state index in [1.807, 2.05) is 0 Å². The molecule has 1 N–H and O–H groups in total. The fourth-order valence-electron chi connectivity index (χ4n) is 4.74. The lowest BCUT2D eigenvalue weighted by Crippen LogP contribution is -2.34. The topological polar surface area (TPSA) is 23.5 Å². The first-order chi connectivity index (χ1) is 15.2. The van der Waals surface area contributed by atoms with Crippen molar-refractivity contribution >= 4 is 17.7 Å². The molecule has 1 heterocycles. The number of aliphatic hydroxyl groups is 1. The zero-order valence-corrected chi connectivity index (χ0v) is 17.5. The van der Waals surface area contributed by atoms with Crippen molar-refractivity contribution in [3.8, 4) is 0 Å². The first-order valence-electron chi connectivity index (χ1n) is 10.9. The minimum absolute atomic E-state index is 0.274. The molecule has 0 spiro atoms. The van der Waals surface area contributed by atoms with E-state index in [2.05, 4.69) is 65.6 Å². The summed E-state index contributed by atoms with van der Waals surface area (Å²) in [6, 6.07) is 23.4. The quantitative estimate of drug-likeness (QED) is 0.451. The molecular weight excluding hydrogens is 385 g/mol. The van der Waals surface area contributed by atoms with Crippen molar-refractivity contribution in [3.05, 3.63) is 112 Å². The van der Waals surface area contributed by atoms with E-state index in [0.717, 1.165) is 31.5 Å². The standard InChI is InChI=1S/C28H26FNO/c29-24-13-11-22(12-14-24)27(31)19-30-17-15-23(16-18-30)28-25-7-3-1-5-20(25)9-10-21-6-2-4-8-26(21)28/h1-14,27,31H,15-19H2. The summed E-state index contributed by atoms with van der Waals surface area (Å²) in [7, 11) is 0. The number of nitrogens with zero attached hydrogens (tertiary/aromatic N) is 1. The van der Waals surface area contributed by atoms with Crippen LogP contribution in [0.2, 0.25) is 0 Å². The highest BCUT2D eigenvalue weighted by atomic mass is 19.1. The molecule has 156 valence electrons. The third-order valence-corrected chi connectivity index (χ3v) is 6.40. The lowest BCUT2D eigenvalue weighted by molar-refractivity contribution is 0.108. The van der Waals surface area contributed by atoms with Gasteiger partial charge in [0, 0.05) is 19.6 Å². The zero-order chi connectivity index (χ0) is 21.2. The van der Waals surface area contributed by atoms with E-state index < -0.39 is 6.10 Å². The van der Waals surface area contributed by atoms with E-state index in [4.69, 9.17) is 0 Å². The van der Waals surface area contributed by atoms with E-state index in [0.29, 0.717) is 6.54 Å². The van der Waals surface area contributed by atoms with Crippen molar-refractivity contribution < 1.29 is 9.50 Å². The Morgan fingerprint density at radius 1 is 0.774 bits per heavy atom. The highest BCUT2D eigenvalue weighted by Crippen LogP contribution is 2.38. The largest absolute Gasteiger partial charge is 0.387 e. The summed E-state index contributed by atoms with van der Waals surface area (Å²) in [6.07, 6.45) is 5.80. The molecule has 1 fully saturated rings. The van der Waals surface area contributed by atoms with Crippen molar-refractivity contribution in [3.63, 3.8) is 0 Å². The van der Waals surface area contributed by atoms with Gasteiger partial charge < -0.3 is 5.11 Å². The number of hydrogen-bond acceptors (Lipinski definition) is 2. The molecule has 31 heavy (non-hydrogen) atoms. The molecule has 1 atom stereocenters. The van der Waals surface area contributed by atoms with Gasteiger partial charge in [-0.3, -0.25) is 4.90 Å². The first kappa shape index (κ1) is 19.9. The summed E-state index contributed by atoms with van der Waals surface area (Å²) < 4.78 is 13.2. The van der Waals surface area contributed by atoms with Gasteiger partial charge in [0.05, 0.1) is 6.10 Å². The average molecular weight is 412 g/mol. The molecule has 1 saturated heterocycles. The van der Waals surface area contributed by atoms with Crippen LogP contribution >= 0.6 is 0 Å². The lowest BCUT2D eigenvalue weighted by Gasteiger charge is -2.32. The van der Waals surface area contributed by atoms with E-state index in [1.165, 1.54) is 45.5 Å². The summed E-state index contributed by atoms with van der Waals surface area (Å²) in [5.41, 5.74) is 8.75. The highest BCUT2D eigenvalue weighted by Gasteiger charge is 2.23. The Bertz CT molecular complexity index is 1080. The monoisotopic (exact) mass is 411 g/mol. The normalized spacial score (nSPS) is 17.1. The Morgan fingerprint density at radius 3 is 1.90 bits per heavy atom. The van der Waals surface area contributed by atoms with E-state index in [1.54, 1.807) is 12.1 Å². The summed E-state index contributed by atoms with van der Waals surface area (Å²) in [5, 5.41) is 10.6. The molecule has 1 aliphatic carbocycles. The van der Waals surface area contributed by atoms with Gasteiger partial charge in [0.25, 0.3) is 0 Å². The fraction of sp³-hybridized carbons (Fsp3) is 0.214. The number of hydrogen-bond donors (Lipinski definition) is 1. The summed E-state index contributed by atoms with van der Waals surface area (Å²) >= 11 is 0. The highest BCUT2D eigenvalue weighted by molar-refractivity contribution is 5.94. The first-order valence-corrected chi connectivity index (χ1v) is 10.9. The number of likely N-dealkylation sites (tertiary alicyclic amines) is 1. The maximum absolute atomic E-state index is 13.2. The van der Waals surface area contributed by atoms with Gasteiger partial charge in [-0.05, 0) is 58.4 Å². The predicted octanol–water partition coefficient (Wildman–Crippen LogP) is 5.94. The zero-order valence-electron chi connectivity index (χ0n) is 17.5. The third-order valence-electron chi connectivity index (χ3n) is 6.40. The van der Waals surface area contributed by atoms with Gasteiger partial charge in [0.15, 0.2) is 0 Å². The number of rotatable bonds is 3. The van der Waals surface area contributed by atoms with E-state index in [9.17, 15) is 9.50 Å². The van der Waals surface area contributed by atoms with Crippen LogP contribution in [0.25, 0.3) is 17.7 Å². The lowest BCUT2D eigenvalue weighted by atomic mass is 9.86. The molecule has 2 nitrogen and oxygen atoms in total.